The lowest BCUT2D eigenvalue weighted by atomic mass is 10.1. The molecule has 1 saturated heterocycles. The number of carbonyl (C=O) groups is 1. The average Bonchev–Trinajstić information content (AvgIpc) is 2.76. The number of nitrogens with zero attached hydrogens (tertiary/aromatic N) is 2. The van der Waals surface area contributed by atoms with Crippen molar-refractivity contribution in [2.24, 2.45) is 0 Å². The van der Waals surface area contributed by atoms with E-state index in [9.17, 15) is 18.0 Å². The summed E-state index contributed by atoms with van der Waals surface area (Å²) >= 11 is 0. The van der Waals surface area contributed by atoms with Gasteiger partial charge in [0.15, 0.2) is 11.5 Å². The Bertz CT molecular complexity index is 910. The molecule has 0 radical (unpaired) electrons. The lowest BCUT2D eigenvalue weighted by Crippen LogP contribution is -2.48. The van der Waals surface area contributed by atoms with E-state index in [4.69, 9.17) is 9.47 Å². The molecule has 0 aliphatic carbocycles. The molecule has 0 spiro atoms. The van der Waals surface area contributed by atoms with Crippen LogP contribution >= 0.6 is 0 Å². The number of piperazine rings is 1. The number of benzene rings is 2. The van der Waals surface area contributed by atoms with Gasteiger partial charge < -0.3 is 14.4 Å². The standard InChI is InChI=1S/C24H29F3N2O3/c1-3-31-21-9-8-18(15-22(21)32-4-2)16-23(30)29-12-10-28(11-13-29)17-19-6-5-7-20(14-19)24(25,26)27/h5-9,14-15H,3-4,10-13,16-17H2,1-2H3. The van der Waals surface area contributed by atoms with Crippen molar-refractivity contribution in [3.8, 4) is 11.5 Å². The van der Waals surface area contributed by atoms with Crippen molar-refractivity contribution in [2.75, 3.05) is 39.4 Å². The molecular weight excluding hydrogens is 421 g/mol. The molecule has 0 aromatic heterocycles. The first-order valence-electron chi connectivity index (χ1n) is 10.8. The van der Waals surface area contributed by atoms with Gasteiger partial charge in [0.05, 0.1) is 25.2 Å². The van der Waals surface area contributed by atoms with Gasteiger partial charge in [-0.2, -0.15) is 13.2 Å². The normalized spacial score (nSPS) is 15.0. The third kappa shape index (κ3) is 6.38. The quantitative estimate of drug-likeness (QED) is 0.598. The maximum Gasteiger partial charge on any atom is 0.416 e. The fourth-order valence-electron chi connectivity index (χ4n) is 3.75. The summed E-state index contributed by atoms with van der Waals surface area (Å²) in [6.07, 6.45) is -4.08. The topological polar surface area (TPSA) is 42.0 Å². The SMILES string of the molecule is CCOc1ccc(CC(=O)N2CCN(Cc3cccc(C(F)(F)F)c3)CC2)cc1OCC. The zero-order chi connectivity index (χ0) is 23.1. The second-order valence-electron chi connectivity index (χ2n) is 7.68. The Balaban J connectivity index is 1.54. The van der Waals surface area contributed by atoms with E-state index in [1.807, 2.05) is 32.0 Å². The zero-order valence-corrected chi connectivity index (χ0v) is 18.5. The van der Waals surface area contributed by atoms with Crippen molar-refractivity contribution < 1.29 is 27.4 Å². The largest absolute Gasteiger partial charge is 0.490 e. The van der Waals surface area contributed by atoms with Crippen LogP contribution in [0.15, 0.2) is 42.5 Å². The lowest BCUT2D eigenvalue weighted by Gasteiger charge is -2.35. The monoisotopic (exact) mass is 450 g/mol. The van der Waals surface area contributed by atoms with Crippen LogP contribution in [0.5, 0.6) is 11.5 Å². The van der Waals surface area contributed by atoms with Crippen LogP contribution < -0.4 is 9.47 Å². The van der Waals surface area contributed by atoms with Crippen LogP contribution in [0.25, 0.3) is 0 Å². The number of carbonyl (C=O) groups excluding carboxylic acids is 1. The molecule has 1 aliphatic rings. The van der Waals surface area contributed by atoms with Crippen molar-refractivity contribution in [2.45, 2.75) is 33.0 Å². The number of ether oxygens (including phenoxy) is 2. The van der Waals surface area contributed by atoms with Crippen molar-refractivity contribution in [1.29, 1.82) is 0 Å². The van der Waals surface area contributed by atoms with Crippen molar-refractivity contribution in [1.82, 2.24) is 9.80 Å². The minimum Gasteiger partial charge on any atom is -0.490 e. The van der Waals surface area contributed by atoms with Gasteiger partial charge in [0.2, 0.25) is 5.91 Å². The van der Waals surface area contributed by atoms with Crippen molar-refractivity contribution in [3.05, 3.63) is 59.2 Å². The molecule has 3 rings (SSSR count). The van der Waals surface area contributed by atoms with Gasteiger partial charge in [-0.1, -0.05) is 24.3 Å². The molecule has 8 heteroatoms. The minimum atomic E-state index is -4.34. The fraction of sp³-hybridized carbons (Fsp3) is 0.458. The highest BCUT2D eigenvalue weighted by Gasteiger charge is 2.30. The number of rotatable bonds is 8. The first-order valence-corrected chi connectivity index (χ1v) is 10.8. The summed E-state index contributed by atoms with van der Waals surface area (Å²) in [4.78, 5) is 16.7. The molecule has 1 heterocycles. The van der Waals surface area contributed by atoms with Crippen LogP contribution in [0.3, 0.4) is 0 Å². The molecule has 5 nitrogen and oxygen atoms in total. The molecule has 0 N–H and O–H groups in total. The van der Waals surface area contributed by atoms with Gasteiger partial charge in [0.25, 0.3) is 0 Å². The molecule has 0 saturated carbocycles. The Labute approximate surface area is 186 Å². The summed E-state index contributed by atoms with van der Waals surface area (Å²) in [5, 5.41) is 0. The third-order valence-corrected chi connectivity index (χ3v) is 5.35. The summed E-state index contributed by atoms with van der Waals surface area (Å²) in [6, 6.07) is 11.0. The summed E-state index contributed by atoms with van der Waals surface area (Å²) in [6.45, 7) is 7.61. The number of halogens is 3. The number of hydrogen-bond donors (Lipinski definition) is 0. The van der Waals surface area contributed by atoms with Crippen LogP contribution in [-0.2, 0) is 23.9 Å². The Hall–Kier alpha value is -2.74. The summed E-state index contributed by atoms with van der Waals surface area (Å²) < 4.78 is 50.0. The molecule has 0 bridgehead atoms. The first kappa shape index (κ1) is 23.9. The highest BCUT2D eigenvalue weighted by Crippen LogP contribution is 2.30. The molecular formula is C24H29F3N2O3. The van der Waals surface area contributed by atoms with E-state index < -0.39 is 11.7 Å². The van der Waals surface area contributed by atoms with Gasteiger partial charge in [-0.3, -0.25) is 9.69 Å². The number of amides is 1. The van der Waals surface area contributed by atoms with E-state index in [1.54, 1.807) is 11.0 Å². The van der Waals surface area contributed by atoms with Crippen LogP contribution in [-0.4, -0.2) is 55.1 Å². The van der Waals surface area contributed by atoms with Gasteiger partial charge >= 0.3 is 6.18 Å². The maximum absolute atomic E-state index is 12.9. The molecule has 0 unspecified atom stereocenters. The Morgan fingerprint density at radius 2 is 1.59 bits per heavy atom. The zero-order valence-electron chi connectivity index (χ0n) is 18.5. The molecule has 2 aromatic carbocycles. The van der Waals surface area contributed by atoms with Crippen LogP contribution in [0.4, 0.5) is 13.2 Å². The van der Waals surface area contributed by atoms with Gasteiger partial charge in [0.1, 0.15) is 0 Å². The molecule has 1 aliphatic heterocycles. The van der Waals surface area contributed by atoms with Gasteiger partial charge in [-0.25, -0.2) is 0 Å². The van der Waals surface area contributed by atoms with E-state index >= 15 is 0 Å². The number of hydrogen-bond acceptors (Lipinski definition) is 4. The highest BCUT2D eigenvalue weighted by atomic mass is 19.4. The Morgan fingerprint density at radius 1 is 0.906 bits per heavy atom. The fourth-order valence-corrected chi connectivity index (χ4v) is 3.75. The second kappa shape index (κ2) is 10.7. The molecule has 1 fully saturated rings. The highest BCUT2D eigenvalue weighted by molar-refractivity contribution is 5.79. The lowest BCUT2D eigenvalue weighted by molar-refractivity contribution is -0.137. The summed E-state index contributed by atoms with van der Waals surface area (Å²) in [7, 11) is 0. The Morgan fingerprint density at radius 3 is 2.25 bits per heavy atom. The van der Waals surface area contributed by atoms with Crippen LogP contribution in [0.2, 0.25) is 0 Å². The van der Waals surface area contributed by atoms with E-state index in [-0.39, 0.29) is 12.3 Å². The average molecular weight is 451 g/mol. The minimum absolute atomic E-state index is 0.0235. The van der Waals surface area contributed by atoms with Gasteiger partial charge in [-0.05, 0) is 43.2 Å². The molecule has 174 valence electrons. The Kier molecular flexibility index (Phi) is 8.01. The van der Waals surface area contributed by atoms with Crippen LogP contribution in [0.1, 0.15) is 30.5 Å². The van der Waals surface area contributed by atoms with E-state index in [1.165, 1.54) is 12.1 Å². The third-order valence-electron chi connectivity index (χ3n) is 5.35. The number of alkyl halides is 3. The van der Waals surface area contributed by atoms with E-state index in [2.05, 4.69) is 4.90 Å². The van der Waals surface area contributed by atoms with Gasteiger partial charge in [-0.15, -0.1) is 0 Å². The smallest absolute Gasteiger partial charge is 0.416 e. The second-order valence-corrected chi connectivity index (χ2v) is 7.68. The van der Waals surface area contributed by atoms with E-state index in [0.717, 1.165) is 11.6 Å². The molecule has 1 amide bonds. The van der Waals surface area contributed by atoms with E-state index in [0.29, 0.717) is 63.0 Å². The predicted molar refractivity (Wildman–Crippen MR) is 116 cm³/mol. The van der Waals surface area contributed by atoms with Crippen LogP contribution in [0, 0.1) is 0 Å². The van der Waals surface area contributed by atoms with Gasteiger partial charge in [0, 0.05) is 32.7 Å². The molecule has 2 aromatic rings. The first-order chi connectivity index (χ1) is 15.3. The maximum atomic E-state index is 12.9. The molecule has 32 heavy (non-hydrogen) atoms. The van der Waals surface area contributed by atoms with Crippen molar-refractivity contribution in [3.63, 3.8) is 0 Å². The predicted octanol–water partition coefficient (Wildman–Crippen LogP) is 4.39. The molecule has 0 atom stereocenters. The van der Waals surface area contributed by atoms with Crippen molar-refractivity contribution >= 4 is 5.91 Å². The summed E-state index contributed by atoms with van der Waals surface area (Å²) in [5.41, 5.74) is 0.844. The summed E-state index contributed by atoms with van der Waals surface area (Å²) in [5.74, 6) is 1.31.